The van der Waals surface area contributed by atoms with Gasteiger partial charge in [-0.15, -0.1) is 0 Å². The fourth-order valence-electron chi connectivity index (χ4n) is 2.34. The van der Waals surface area contributed by atoms with E-state index in [4.69, 9.17) is 14.6 Å². The first kappa shape index (κ1) is 17.8. The second-order valence-electron chi connectivity index (χ2n) is 5.34. The second-order valence-corrected chi connectivity index (χ2v) is 5.34. The van der Waals surface area contributed by atoms with Crippen LogP contribution in [0.15, 0.2) is 30.4 Å². The van der Waals surface area contributed by atoms with Crippen molar-refractivity contribution in [3.05, 3.63) is 35.9 Å². The van der Waals surface area contributed by atoms with Gasteiger partial charge in [0.1, 0.15) is 0 Å². The van der Waals surface area contributed by atoms with Crippen molar-refractivity contribution >= 4 is 17.2 Å². The maximum absolute atomic E-state index is 11.9. The number of aliphatic hydroxyl groups excluding tert-OH is 2. The highest BCUT2D eigenvalue weighted by Gasteiger charge is 2.19. The Morgan fingerprint density at radius 1 is 1.33 bits per heavy atom. The van der Waals surface area contributed by atoms with E-state index >= 15 is 0 Å². The molecule has 0 atom stereocenters. The van der Waals surface area contributed by atoms with Crippen LogP contribution < -0.4 is 14.8 Å². The van der Waals surface area contributed by atoms with E-state index in [1.807, 2.05) is 6.07 Å². The average molecular weight is 334 g/mol. The van der Waals surface area contributed by atoms with E-state index in [0.717, 1.165) is 11.3 Å². The van der Waals surface area contributed by atoms with E-state index in [0.29, 0.717) is 17.1 Å². The van der Waals surface area contributed by atoms with Crippen LogP contribution in [0, 0.1) is 0 Å². The van der Waals surface area contributed by atoms with Crippen molar-refractivity contribution in [2.75, 3.05) is 46.0 Å². The van der Waals surface area contributed by atoms with Crippen LogP contribution in [-0.4, -0.2) is 61.7 Å². The number of hydrogen-bond donors (Lipinski definition) is 3. The highest BCUT2D eigenvalue weighted by atomic mass is 16.7. The number of carbonyl (C=O) groups excluding carboxylic acids is 1. The lowest BCUT2D eigenvalue weighted by molar-refractivity contribution is -0.125. The second kappa shape index (κ2) is 7.85. The molecular formula is C17H22N2O5. The maximum atomic E-state index is 11.9. The number of nitrogens with one attached hydrogen (secondary N) is 1. The van der Waals surface area contributed by atoms with Gasteiger partial charge in [-0.05, 0) is 11.6 Å². The van der Waals surface area contributed by atoms with Crippen LogP contribution in [0.5, 0.6) is 11.5 Å². The number of aliphatic hydroxyl groups is 2. The monoisotopic (exact) mass is 334 g/mol. The number of carbonyl (C=O) groups is 1. The largest absolute Gasteiger partial charge is 0.454 e. The molecule has 3 N–H and O–H groups in total. The van der Waals surface area contributed by atoms with Crippen LogP contribution >= 0.6 is 0 Å². The van der Waals surface area contributed by atoms with Gasteiger partial charge < -0.3 is 29.9 Å². The maximum Gasteiger partial charge on any atom is 0.251 e. The van der Waals surface area contributed by atoms with E-state index in [2.05, 4.69) is 11.9 Å². The Morgan fingerprint density at radius 3 is 2.58 bits per heavy atom. The van der Waals surface area contributed by atoms with Crippen LogP contribution in [0.2, 0.25) is 0 Å². The van der Waals surface area contributed by atoms with Crippen molar-refractivity contribution in [3.63, 3.8) is 0 Å². The van der Waals surface area contributed by atoms with E-state index in [9.17, 15) is 9.90 Å². The molecule has 0 fully saturated rings. The number of anilines is 1. The summed E-state index contributed by atoms with van der Waals surface area (Å²) in [5, 5.41) is 21.8. The summed E-state index contributed by atoms with van der Waals surface area (Å²) < 4.78 is 10.7. The molecule has 2 rings (SSSR count). The van der Waals surface area contributed by atoms with Crippen LogP contribution in [0.4, 0.5) is 5.69 Å². The van der Waals surface area contributed by atoms with Gasteiger partial charge in [-0.2, -0.15) is 0 Å². The SMILES string of the molecule is C=C(CO)C(=O)N(C)C/C=C(\CO)c1cc2c(cc1NC)OCO2. The Balaban J connectivity index is 2.25. The molecule has 7 nitrogen and oxygen atoms in total. The summed E-state index contributed by atoms with van der Waals surface area (Å²) in [4.78, 5) is 13.3. The number of hydrogen-bond acceptors (Lipinski definition) is 6. The predicted molar refractivity (Wildman–Crippen MR) is 91.0 cm³/mol. The van der Waals surface area contributed by atoms with Gasteiger partial charge in [0.05, 0.1) is 13.2 Å². The molecule has 0 aliphatic carbocycles. The Morgan fingerprint density at radius 2 is 2.00 bits per heavy atom. The molecule has 1 aromatic rings. The van der Waals surface area contributed by atoms with Crippen molar-refractivity contribution < 1.29 is 24.5 Å². The number of fused-ring (bicyclic) bond motifs is 1. The quantitative estimate of drug-likeness (QED) is 0.640. The third kappa shape index (κ3) is 3.69. The Hall–Kier alpha value is -2.51. The minimum absolute atomic E-state index is 0.121. The summed E-state index contributed by atoms with van der Waals surface area (Å²) in [6, 6.07) is 3.61. The molecule has 7 heteroatoms. The Kier molecular flexibility index (Phi) is 5.83. The van der Waals surface area contributed by atoms with Crippen LogP contribution in [0.25, 0.3) is 5.57 Å². The van der Waals surface area contributed by atoms with Gasteiger partial charge in [-0.25, -0.2) is 0 Å². The number of amides is 1. The lowest BCUT2D eigenvalue weighted by Crippen LogP contribution is -2.29. The molecule has 0 bridgehead atoms. The Bertz CT molecular complexity index is 669. The van der Waals surface area contributed by atoms with Crippen molar-refractivity contribution in [2.45, 2.75) is 0 Å². The molecule has 1 aromatic carbocycles. The summed E-state index contributed by atoms with van der Waals surface area (Å²) >= 11 is 0. The van der Waals surface area contributed by atoms with Gasteiger partial charge in [-0.3, -0.25) is 4.79 Å². The van der Waals surface area contributed by atoms with Gasteiger partial charge in [0.25, 0.3) is 5.91 Å². The summed E-state index contributed by atoms with van der Waals surface area (Å²) in [6.07, 6.45) is 1.75. The van der Waals surface area contributed by atoms with Gasteiger partial charge in [-0.1, -0.05) is 12.7 Å². The zero-order chi connectivity index (χ0) is 17.7. The van der Waals surface area contributed by atoms with Crippen LogP contribution in [-0.2, 0) is 4.79 Å². The number of benzene rings is 1. The lowest BCUT2D eigenvalue weighted by Gasteiger charge is -2.17. The number of nitrogens with zero attached hydrogens (tertiary/aromatic N) is 1. The summed E-state index contributed by atoms with van der Waals surface area (Å²) in [5.41, 5.74) is 2.32. The number of ether oxygens (including phenoxy) is 2. The van der Waals surface area contributed by atoms with E-state index in [1.54, 1.807) is 26.2 Å². The molecule has 1 heterocycles. The summed E-state index contributed by atoms with van der Waals surface area (Å²) in [6.45, 7) is 3.37. The molecule has 1 aliphatic rings. The molecule has 0 saturated carbocycles. The van der Waals surface area contributed by atoms with Crippen LogP contribution in [0.3, 0.4) is 0 Å². The van der Waals surface area contributed by atoms with Crippen molar-refractivity contribution in [1.82, 2.24) is 4.90 Å². The third-order valence-electron chi connectivity index (χ3n) is 3.75. The molecule has 0 spiro atoms. The molecule has 1 amide bonds. The van der Waals surface area contributed by atoms with Crippen molar-refractivity contribution in [2.24, 2.45) is 0 Å². The molecule has 1 aliphatic heterocycles. The van der Waals surface area contributed by atoms with E-state index < -0.39 is 0 Å². The first-order valence-corrected chi connectivity index (χ1v) is 7.47. The number of rotatable bonds is 7. The fraction of sp³-hybridized carbons (Fsp3) is 0.353. The lowest BCUT2D eigenvalue weighted by atomic mass is 10.0. The topological polar surface area (TPSA) is 91.3 Å². The van der Waals surface area contributed by atoms with Gasteiger partial charge in [0.2, 0.25) is 6.79 Å². The van der Waals surface area contributed by atoms with E-state index in [1.165, 1.54) is 4.90 Å². The summed E-state index contributed by atoms with van der Waals surface area (Å²) in [5.74, 6) is 0.916. The smallest absolute Gasteiger partial charge is 0.251 e. The molecule has 0 radical (unpaired) electrons. The third-order valence-corrected chi connectivity index (χ3v) is 3.75. The van der Waals surface area contributed by atoms with Gasteiger partial charge in [0.15, 0.2) is 11.5 Å². The standard InChI is InChI=1S/C17H22N2O5/c1-11(8-20)17(22)19(3)5-4-12(9-21)13-6-15-16(24-10-23-15)7-14(13)18-2/h4,6-7,18,20-21H,1,5,8-10H2,2-3H3/b12-4+. The normalized spacial score (nSPS) is 12.9. The van der Waals surface area contributed by atoms with Crippen molar-refractivity contribution in [1.29, 1.82) is 0 Å². The zero-order valence-electron chi connectivity index (χ0n) is 13.8. The molecule has 0 aromatic heterocycles. The molecule has 130 valence electrons. The number of likely N-dealkylation sites (N-methyl/N-ethyl adjacent to an activating group) is 1. The molecule has 0 saturated heterocycles. The average Bonchev–Trinajstić information content (AvgIpc) is 3.07. The minimum atomic E-state index is -0.383. The zero-order valence-corrected chi connectivity index (χ0v) is 13.8. The molecule has 0 unspecified atom stereocenters. The minimum Gasteiger partial charge on any atom is -0.454 e. The van der Waals surface area contributed by atoms with Crippen molar-refractivity contribution in [3.8, 4) is 11.5 Å². The van der Waals surface area contributed by atoms with Gasteiger partial charge >= 0.3 is 0 Å². The molecular weight excluding hydrogens is 312 g/mol. The molecule has 24 heavy (non-hydrogen) atoms. The van der Waals surface area contributed by atoms with Crippen LogP contribution in [0.1, 0.15) is 5.56 Å². The first-order chi connectivity index (χ1) is 11.5. The fourth-order valence-corrected chi connectivity index (χ4v) is 2.34. The highest BCUT2D eigenvalue weighted by Crippen LogP contribution is 2.39. The predicted octanol–water partition coefficient (Wildman–Crippen LogP) is 0.840. The highest BCUT2D eigenvalue weighted by molar-refractivity contribution is 5.93. The van der Waals surface area contributed by atoms with E-state index in [-0.39, 0.29) is 38.0 Å². The first-order valence-electron chi connectivity index (χ1n) is 7.47. The van der Waals surface area contributed by atoms with Gasteiger partial charge in [0, 0.05) is 43.5 Å². The summed E-state index contributed by atoms with van der Waals surface area (Å²) in [7, 11) is 3.38. The Labute approximate surface area is 140 Å².